The zero-order chi connectivity index (χ0) is 13.2. The van der Waals surface area contributed by atoms with E-state index in [9.17, 15) is 9.59 Å². The van der Waals surface area contributed by atoms with E-state index >= 15 is 0 Å². The first-order valence-corrected chi connectivity index (χ1v) is 6.00. The predicted octanol–water partition coefficient (Wildman–Crippen LogP) is 0.574. The lowest BCUT2D eigenvalue weighted by atomic mass is 10.1. The second kappa shape index (κ2) is 5.04. The van der Waals surface area contributed by atoms with Crippen LogP contribution in [0.4, 0.5) is 0 Å². The van der Waals surface area contributed by atoms with E-state index in [4.69, 9.17) is 10.2 Å². The van der Waals surface area contributed by atoms with Crippen LogP contribution in [-0.2, 0) is 9.59 Å². The molecule has 1 fully saturated rings. The fraction of sp³-hybridized carbons (Fsp3) is 0.833. The molecule has 0 aromatic carbocycles. The van der Waals surface area contributed by atoms with Gasteiger partial charge in [0, 0.05) is 19.7 Å². The van der Waals surface area contributed by atoms with Crippen molar-refractivity contribution in [2.24, 2.45) is 17.3 Å². The summed E-state index contributed by atoms with van der Waals surface area (Å²) >= 11 is 0. The van der Waals surface area contributed by atoms with Crippen LogP contribution in [0, 0.1) is 17.3 Å². The van der Waals surface area contributed by atoms with Crippen LogP contribution in [0.2, 0.25) is 0 Å². The Morgan fingerprint density at radius 2 is 1.88 bits per heavy atom. The molecule has 0 aliphatic heterocycles. The standard InChI is InChI=1S/C12H21NO4/c1-4-13(6-5-7-14)10(15)8-9(11(16)17)12(8,2)3/h8-9,14H,4-7H2,1-3H3,(H,16,17). The first kappa shape index (κ1) is 14.0. The van der Waals surface area contributed by atoms with Crippen molar-refractivity contribution in [2.45, 2.75) is 27.2 Å². The van der Waals surface area contributed by atoms with Gasteiger partial charge in [0.1, 0.15) is 0 Å². The molecule has 0 heterocycles. The van der Waals surface area contributed by atoms with Gasteiger partial charge in [0.15, 0.2) is 0 Å². The van der Waals surface area contributed by atoms with Gasteiger partial charge in [-0.2, -0.15) is 0 Å². The minimum absolute atomic E-state index is 0.0419. The Kier molecular flexibility index (Phi) is 4.14. The number of carbonyl (C=O) groups is 2. The summed E-state index contributed by atoms with van der Waals surface area (Å²) in [5.41, 5.74) is -0.449. The van der Waals surface area contributed by atoms with Crippen LogP contribution < -0.4 is 0 Å². The number of carbonyl (C=O) groups excluding carboxylic acids is 1. The van der Waals surface area contributed by atoms with Crippen LogP contribution >= 0.6 is 0 Å². The maximum atomic E-state index is 12.2. The molecule has 1 rings (SSSR count). The van der Waals surface area contributed by atoms with Crippen molar-refractivity contribution >= 4 is 11.9 Å². The summed E-state index contributed by atoms with van der Waals surface area (Å²) in [6.07, 6.45) is 0.532. The topological polar surface area (TPSA) is 77.8 Å². The Bertz CT molecular complexity index is 314. The van der Waals surface area contributed by atoms with Gasteiger partial charge in [-0.1, -0.05) is 13.8 Å². The fourth-order valence-corrected chi connectivity index (χ4v) is 2.44. The van der Waals surface area contributed by atoms with Crippen molar-refractivity contribution in [3.63, 3.8) is 0 Å². The molecule has 5 nitrogen and oxygen atoms in total. The Morgan fingerprint density at radius 3 is 2.24 bits per heavy atom. The highest BCUT2D eigenvalue weighted by Crippen LogP contribution is 2.58. The molecule has 2 atom stereocenters. The first-order valence-electron chi connectivity index (χ1n) is 6.00. The van der Waals surface area contributed by atoms with E-state index in [1.807, 2.05) is 20.8 Å². The first-order chi connectivity index (χ1) is 7.87. The fourth-order valence-electron chi connectivity index (χ4n) is 2.44. The minimum Gasteiger partial charge on any atom is -0.481 e. The van der Waals surface area contributed by atoms with Gasteiger partial charge in [-0.3, -0.25) is 9.59 Å². The van der Waals surface area contributed by atoms with Crippen LogP contribution in [0.3, 0.4) is 0 Å². The summed E-state index contributed by atoms with van der Waals surface area (Å²) in [5, 5.41) is 17.8. The quantitative estimate of drug-likeness (QED) is 0.715. The molecule has 2 unspecified atom stereocenters. The molecule has 2 N–H and O–H groups in total. The summed E-state index contributed by atoms with van der Waals surface area (Å²) in [6.45, 7) is 6.58. The summed E-state index contributed by atoms with van der Waals surface area (Å²) < 4.78 is 0. The van der Waals surface area contributed by atoms with Crippen molar-refractivity contribution < 1.29 is 19.8 Å². The molecule has 0 bridgehead atoms. The molecular formula is C12H21NO4. The second-order valence-corrected chi connectivity index (χ2v) is 5.11. The van der Waals surface area contributed by atoms with E-state index in [1.165, 1.54) is 0 Å². The average molecular weight is 243 g/mol. The highest BCUT2D eigenvalue weighted by molar-refractivity contribution is 5.91. The van der Waals surface area contributed by atoms with Crippen molar-refractivity contribution in [3.8, 4) is 0 Å². The van der Waals surface area contributed by atoms with Crippen molar-refractivity contribution in [2.75, 3.05) is 19.7 Å². The molecule has 1 aliphatic rings. The van der Waals surface area contributed by atoms with E-state index in [-0.39, 0.29) is 12.5 Å². The van der Waals surface area contributed by atoms with Crippen molar-refractivity contribution in [3.05, 3.63) is 0 Å². The summed E-state index contributed by atoms with van der Waals surface area (Å²) in [7, 11) is 0. The molecule has 0 spiro atoms. The lowest BCUT2D eigenvalue weighted by molar-refractivity contribution is -0.142. The molecule has 0 aromatic rings. The number of rotatable bonds is 6. The van der Waals surface area contributed by atoms with Gasteiger partial charge in [0.05, 0.1) is 11.8 Å². The average Bonchev–Trinajstić information content (AvgIpc) is 2.82. The third-order valence-electron chi connectivity index (χ3n) is 3.64. The molecule has 1 aliphatic carbocycles. The Hall–Kier alpha value is -1.10. The van der Waals surface area contributed by atoms with Crippen LogP contribution in [0.1, 0.15) is 27.2 Å². The molecule has 5 heteroatoms. The summed E-state index contributed by atoms with van der Waals surface area (Å²) in [4.78, 5) is 24.8. The maximum Gasteiger partial charge on any atom is 0.307 e. The highest BCUT2D eigenvalue weighted by Gasteiger charge is 2.66. The zero-order valence-corrected chi connectivity index (χ0v) is 10.6. The molecule has 17 heavy (non-hydrogen) atoms. The lowest BCUT2D eigenvalue weighted by Gasteiger charge is -2.21. The van der Waals surface area contributed by atoms with Gasteiger partial charge < -0.3 is 15.1 Å². The summed E-state index contributed by atoms with van der Waals surface area (Å²) in [5.74, 6) is -1.98. The maximum absolute atomic E-state index is 12.2. The molecule has 0 aromatic heterocycles. The third kappa shape index (κ3) is 2.60. The highest BCUT2D eigenvalue weighted by atomic mass is 16.4. The molecular weight excluding hydrogens is 222 g/mol. The molecule has 0 saturated heterocycles. The van der Waals surface area contributed by atoms with E-state index in [2.05, 4.69) is 0 Å². The van der Waals surface area contributed by atoms with Crippen LogP contribution in [0.5, 0.6) is 0 Å². The van der Waals surface area contributed by atoms with Crippen molar-refractivity contribution in [1.82, 2.24) is 4.90 Å². The Labute approximate surface area is 101 Å². The third-order valence-corrected chi connectivity index (χ3v) is 3.64. The van der Waals surface area contributed by atoms with Crippen LogP contribution in [0.25, 0.3) is 0 Å². The van der Waals surface area contributed by atoms with Gasteiger partial charge in [-0.25, -0.2) is 0 Å². The van der Waals surface area contributed by atoms with Gasteiger partial charge in [-0.05, 0) is 18.8 Å². The van der Waals surface area contributed by atoms with Crippen LogP contribution in [0.15, 0.2) is 0 Å². The number of aliphatic hydroxyl groups excluding tert-OH is 1. The summed E-state index contributed by atoms with van der Waals surface area (Å²) in [6, 6.07) is 0. The zero-order valence-electron chi connectivity index (χ0n) is 10.6. The van der Waals surface area contributed by atoms with Crippen molar-refractivity contribution in [1.29, 1.82) is 0 Å². The minimum atomic E-state index is -0.897. The molecule has 98 valence electrons. The predicted molar refractivity (Wildman–Crippen MR) is 62.4 cm³/mol. The van der Waals surface area contributed by atoms with E-state index in [1.54, 1.807) is 4.90 Å². The lowest BCUT2D eigenvalue weighted by Crippen LogP contribution is -2.34. The number of carboxylic acids is 1. The van der Waals surface area contributed by atoms with E-state index in [0.717, 1.165) is 0 Å². The van der Waals surface area contributed by atoms with Gasteiger partial charge in [0.2, 0.25) is 5.91 Å². The Balaban J connectivity index is 2.67. The normalized spacial score (nSPS) is 25.4. The number of aliphatic carboxylic acids is 1. The number of nitrogens with zero attached hydrogens (tertiary/aromatic N) is 1. The van der Waals surface area contributed by atoms with Crippen LogP contribution in [-0.4, -0.2) is 46.7 Å². The number of aliphatic hydroxyl groups is 1. The van der Waals surface area contributed by atoms with Gasteiger partial charge in [-0.15, -0.1) is 0 Å². The van der Waals surface area contributed by atoms with E-state index in [0.29, 0.717) is 19.5 Å². The number of amides is 1. The largest absolute Gasteiger partial charge is 0.481 e. The number of hydrogen-bond donors (Lipinski definition) is 2. The Morgan fingerprint density at radius 1 is 1.29 bits per heavy atom. The second-order valence-electron chi connectivity index (χ2n) is 5.11. The van der Waals surface area contributed by atoms with E-state index < -0.39 is 23.2 Å². The smallest absolute Gasteiger partial charge is 0.307 e. The van der Waals surface area contributed by atoms with Gasteiger partial charge in [0.25, 0.3) is 0 Å². The number of hydrogen-bond acceptors (Lipinski definition) is 3. The monoisotopic (exact) mass is 243 g/mol. The molecule has 0 radical (unpaired) electrons. The SMILES string of the molecule is CCN(CCCO)C(=O)C1C(C(=O)O)C1(C)C. The molecule has 1 amide bonds. The van der Waals surface area contributed by atoms with Gasteiger partial charge >= 0.3 is 5.97 Å². The molecule has 1 saturated carbocycles. The number of carboxylic acid groups (broad SMARTS) is 1.